The van der Waals surface area contributed by atoms with Gasteiger partial charge in [-0.25, -0.2) is 24.7 Å². The average Bonchev–Trinajstić information content (AvgIpc) is 3.33. The number of anilines is 1. The van der Waals surface area contributed by atoms with E-state index in [-0.39, 0.29) is 6.09 Å². The number of ether oxygens (including phenoxy) is 2. The van der Waals surface area contributed by atoms with Crippen LogP contribution >= 0.6 is 11.6 Å². The maximum absolute atomic E-state index is 12.3. The number of fused-ring (bicyclic) bond motifs is 1. The largest absolute Gasteiger partial charge is 0.467 e. The van der Waals surface area contributed by atoms with E-state index in [2.05, 4.69) is 19.9 Å². The van der Waals surface area contributed by atoms with Gasteiger partial charge in [-0.1, -0.05) is 11.6 Å². The third-order valence-corrected chi connectivity index (χ3v) is 6.28. The zero-order valence-corrected chi connectivity index (χ0v) is 21.9. The second kappa shape index (κ2) is 9.85. The molecule has 4 aromatic rings. The van der Waals surface area contributed by atoms with Gasteiger partial charge in [-0.05, 0) is 39.0 Å². The molecule has 1 aliphatic rings. The van der Waals surface area contributed by atoms with Crippen LogP contribution in [0.4, 0.5) is 10.6 Å². The van der Waals surface area contributed by atoms with Gasteiger partial charge in [-0.3, -0.25) is 4.40 Å². The van der Waals surface area contributed by atoms with Crippen molar-refractivity contribution in [2.24, 2.45) is 0 Å². The highest BCUT2D eigenvalue weighted by Crippen LogP contribution is 2.30. The molecule has 37 heavy (non-hydrogen) atoms. The molecule has 5 heterocycles. The van der Waals surface area contributed by atoms with E-state index in [1.807, 2.05) is 55.8 Å². The number of imidazole rings is 1. The van der Waals surface area contributed by atoms with Crippen LogP contribution in [0, 0.1) is 0 Å². The van der Waals surface area contributed by atoms with Crippen LogP contribution in [0.3, 0.4) is 0 Å². The molecule has 0 saturated carbocycles. The number of carbonyl (C=O) groups is 1. The Morgan fingerprint density at radius 1 is 0.919 bits per heavy atom. The second-order valence-electron chi connectivity index (χ2n) is 9.73. The van der Waals surface area contributed by atoms with E-state index in [9.17, 15) is 4.79 Å². The van der Waals surface area contributed by atoms with Gasteiger partial charge in [-0.2, -0.15) is 0 Å². The second-order valence-corrected chi connectivity index (χ2v) is 10.1. The number of amides is 1. The molecule has 1 fully saturated rings. The normalized spacial score (nSPS) is 14.2. The van der Waals surface area contributed by atoms with Gasteiger partial charge in [-0.15, -0.1) is 0 Å². The number of carbonyl (C=O) groups excluding carboxylic acids is 1. The van der Waals surface area contributed by atoms with E-state index in [4.69, 9.17) is 26.1 Å². The van der Waals surface area contributed by atoms with Crippen molar-refractivity contribution in [2.45, 2.75) is 26.4 Å². The van der Waals surface area contributed by atoms with Crippen molar-refractivity contribution in [1.82, 2.24) is 29.2 Å². The molecule has 0 atom stereocenters. The van der Waals surface area contributed by atoms with Crippen molar-refractivity contribution >= 4 is 29.2 Å². The molecule has 0 spiro atoms. The molecule has 4 aromatic heterocycles. The maximum Gasteiger partial charge on any atom is 0.410 e. The number of nitrogens with zero attached hydrogens (tertiary/aromatic N) is 7. The van der Waals surface area contributed by atoms with Gasteiger partial charge in [0.05, 0.1) is 24.0 Å². The molecule has 0 aromatic carbocycles. The highest BCUT2D eigenvalue weighted by Gasteiger charge is 2.26. The number of pyridine rings is 2. The Labute approximate surface area is 219 Å². The van der Waals surface area contributed by atoms with Crippen LogP contribution in [0.5, 0.6) is 6.01 Å². The van der Waals surface area contributed by atoms with E-state index in [0.29, 0.717) is 42.9 Å². The first kappa shape index (κ1) is 24.8. The highest BCUT2D eigenvalue weighted by molar-refractivity contribution is 6.33. The first-order valence-corrected chi connectivity index (χ1v) is 12.3. The lowest BCUT2D eigenvalue weighted by Gasteiger charge is -2.36. The average molecular weight is 522 g/mol. The molecule has 0 radical (unpaired) electrons. The van der Waals surface area contributed by atoms with Crippen molar-refractivity contribution in [2.75, 3.05) is 38.2 Å². The van der Waals surface area contributed by atoms with E-state index in [1.165, 1.54) is 7.11 Å². The molecule has 0 unspecified atom stereocenters. The zero-order valence-electron chi connectivity index (χ0n) is 21.2. The molecular weight excluding hydrogens is 494 g/mol. The SMILES string of the molecule is COc1ncc(-c2cc(Cl)c3ncc(-c4ccc(N5CCN(C(=O)OC(C)(C)C)CC5)nc4)n3c2)cn1. The lowest BCUT2D eigenvalue weighted by atomic mass is 10.1. The molecule has 1 aliphatic heterocycles. The van der Waals surface area contributed by atoms with E-state index in [0.717, 1.165) is 28.2 Å². The van der Waals surface area contributed by atoms with E-state index >= 15 is 0 Å². The fourth-order valence-electron chi connectivity index (χ4n) is 4.16. The van der Waals surface area contributed by atoms with Crippen molar-refractivity contribution in [3.63, 3.8) is 0 Å². The molecule has 10 nitrogen and oxygen atoms in total. The van der Waals surface area contributed by atoms with Crippen LogP contribution < -0.4 is 9.64 Å². The van der Waals surface area contributed by atoms with Crippen molar-refractivity contribution < 1.29 is 14.3 Å². The summed E-state index contributed by atoms with van der Waals surface area (Å²) in [6, 6.07) is 6.15. The molecule has 0 aliphatic carbocycles. The topological polar surface area (TPSA) is 98.0 Å². The van der Waals surface area contributed by atoms with Gasteiger partial charge in [0.2, 0.25) is 0 Å². The monoisotopic (exact) mass is 521 g/mol. The number of hydrogen-bond donors (Lipinski definition) is 0. The van der Waals surface area contributed by atoms with E-state index < -0.39 is 5.60 Å². The molecular formula is C26H28ClN7O3. The minimum Gasteiger partial charge on any atom is -0.467 e. The minimum atomic E-state index is -0.503. The molecule has 11 heteroatoms. The van der Waals surface area contributed by atoms with Crippen LogP contribution in [0.1, 0.15) is 20.8 Å². The Hall–Kier alpha value is -3.92. The number of piperazine rings is 1. The summed E-state index contributed by atoms with van der Waals surface area (Å²) in [6.45, 7) is 8.16. The lowest BCUT2D eigenvalue weighted by Crippen LogP contribution is -2.50. The van der Waals surface area contributed by atoms with Crippen LogP contribution in [0.2, 0.25) is 5.02 Å². The molecule has 0 bridgehead atoms. The number of methoxy groups -OCH3 is 1. The minimum absolute atomic E-state index is 0.276. The molecule has 5 rings (SSSR count). The molecule has 1 amide bonds. The maximum atomic E-state index is 12.3. The van der Waals surface area contributed by atoms with Crippen molar-refractivity contribution in [3.05, 3.63) is 54.2 Å². The summed E-state index contributed by atoms with van der Waals surface area (Å²) in [4.78, 5) is 33.8. The third-order valence-electron chi connectivity index (χ3n) is 6.00. The Balaban J connectivity index is 1.34. The number of hydrogen-bond acceptors (Lipinski definition) is 8. The first-order valence-electron chi connectivity index (χ1n) is 11.9. The number of halogens is 1. The molecule has 192 valence electrons. The van der Waals surface area contributed by atoms with Crippen molar-refractivity contribution in [3.8, 4) is 28.4 Å². The van der Waals surface area contributed by atoms with Gasteiger partial charge in [0, 0.05) is 67.7 Å². The fourth-order valence-corrected chi connectivity index (χ4v) is 4.41. The van der Waals surface area contributed by atoms with E-state index in [1.54, 1.807) is 23.5 Å². The smallest absolute Gasteiger partial charge is 0.410 e. The standard InChI is InChI=1S/C26H28ClN7O3/c1-26(2,3)37-25(35)33-9-7-32(8-10-33)22-6-5-17(12-28-22)21-15-29-23-20(27)11-18(16-34(21)23)19-13-30-24(36-4)31-14-19/h5-6,11-16H,7-10H2,1-4H3. The summed E-state index contributed by atoms with van der Waals surface area (Å²) in [5, 5.41) is 0.520. The van der Waals surface area contributed by atoms with Gasteiger partial charge in [0.15, 0.2) is 5.65 Å². The summed E-state index contributed by atoms with van der Waals surface area (Å²) in [5.41, 5.74) is 3.58. The summed E-state index contributed by atoms with van der Waals surface area (Å²) >= 11 is 6.56. The molecule has 0 N–H and O–H groups in total. The molecule has 1 saturated heterocycles. The number of aromatic nitrogens is 5. The Morgan fingerprint density at radius 3 is 2.24 bits per heavy atom. The Bertz CT molecular complexity index is 1410. The number of rotatable bonds is 4. The Kier molecular flexibility index (Phi) is 6.59. The lowest BCUT2D eigenvalue weighted by molar-refractivity contribution is 0.0240. The predicted molar refractivity (Wildman–Crippen MR) is 141 cm³/mol. The van der Waals surface area contributed by atoms with Gasteiger partial charge < -0.3 is 19.3 Å². The zero-order chi connectivity index (χ0) is 26.2. The first-order chi connectivity index (χ1) is 17.7. The fraction of sp³-hybridized carbons (Fsp3) is 0.346. The van der Waals surface area contributed by atoms with Gasteiger partial charge >= 0.3 is 12.1 Å². The third kappa shape index (κ3) is 5.29. The Morgan fingerprint density at radius 2 is 1.62 bits per heavy atom. The van der Waals surface area contributed by atoms with Crippen molar-refractivity contribution in [1.29, 1.82) is 0 Å². The van der Waals surface area contributed by atoms with Crippen LogP contribution in [-0.4, -0.2) is 74.2 Å². The summed E-state index contributed by atoms with van der Waals surface area (Å²) in [6.07, 6.45) is 8.68. The van der Waals surface area contributed by atoms with Crippen LogP contribution in [-0.2, 0) is 4.74 Å². The predicted octanol–water partition coefficient (Wildman–Crippen LogP) is 4.57. The summed E-state index contributed by atoms with van der Waals surface area (Å²) < 4.78 is 12.5. The van der Waals surface area contributed by atoms with Gasteiger partial charge in [0.1, 0.15) is 11.4 Å². The quantitative estimate of drug-likeness (QED) is 0.385. The summed E-state index contributed by atoms with van der Waals surface area (Å²) in [5.74, 6) is 0.857. The van der Waals surface area contributed by atoms with Crippen LogP contribution in [0.15, 0.2) is 49.2 Å². The highest BCUT2D eigenvalue weighted by atomic mass is 35.5. The summed E-state index contributed by atoms with van der Waals surface area (Å²) in [7, 11) is 1.53. The van der Waals surface area contributed by atoms with Gasteiger partial charge in [0.25, 0.3) is 0 Å². The van der Waals surface area contributed by atoms with Crippen LogP contribution in [0.25, 0.3) is 28.0 Å².